The Morgan fingerprint density at radius 1 is 1.11 bits per heavy atom. The highest BCUT2D eigenvalue weighted by Gasteiger charge is 2.44. The van der Waals surface area contributed by atoms with E-state index in [4.69, 9.17) is 0 Å². The molecular weight excluding hydrogens is 259 g/mol. The Labute approximate surface area is 110 Å². The molecule has 0 saturated heterocycles. The molecule has 0 radical (unpaired) electrons. The molecule has 1 aromatic rings. The summed E-state index contributed by atoms with van der Waals surface area (Å²) in [5.41, 5.74) is -1.30. The highest BCUT2D eigenvalue weighted by molar-refractivity contribution is 5.21. The monoisotopic (exact) mass is 277 g/mol. The maximum Gasteiger partial charge on any atom is 0.407 e. The summed E-state index contributed by atoms with van der Waals surface area (Å²) in [5.74, 6) is 0. The summed E-state index contributed by atoms with van der Waals surface area (Å²) in [6.45, 7) is 0.469. The van der Waals surface area contributed by atoms with Gasteiger partial charge >= 0.3 is 6.18 Å². The molecule has 6 heteroatoms. The number of benzene rings is 1. The van der Waals surface area contributed by atoms with Gasteiger partial charge in [-0.3, -0.25) is 5.32 Å². The van der Waals surface area contributed by atoms with Gasteiger partial charge in [-0.25, -0.2) is 0 Å². The van der Waals surface area contributed by atoms with Crippen LogP contribution in [-0.4, -0.2) is 35.1 Å². The molecule has 19 heavy (non-hydrogen) atoms. The van der Waals surface area contributed by atoms with E-state index in [0.717, 1.165) is 0 Å². The Morgan fingerprint density at radius 2 is 1.63 bits per heavy atom. The standard InChI is InChI=1S/C13H18F3NO2/c1-2-12(8-18,9-19)17-11(13(14,15)16)10-6-4-3-5-7-10/h3-7,11,17-19H,2,8-9H2,1H3. The van der Waals surface area contributed by atoms with Crippen molar-refractivity contribution in [3.63, 3.8) is 0 Å². The summed E-state index contributed by atoms with van der Waals surface area (Å²) in [5, 5.41) is 20.8. The Morgan fingerprint density at radius 3 is 2.00 bits per heavy atom. The normalized spacial score (nSPS) is 14.4. The number of rotatable bonds is 6. The van der Waals surface area contributed by atoms with Crippen molar-refractivity contribution >= 4 is 0 Å². The SMILES string of the molecule is CCC(CO)(CO)NC(c1ccccc1)C(F)(F)F. The van der Waals surface area contributed by atoms with Gasteiger partial charge in [0.05, 0.1) is 18.8 Å². The van der Waals surface area contributed by atoms with E-state index < -0.39 is 31.0 Å². The molecule has 1 unspecified atom stereocenters. The number of aliphatic hydroxyl groups is 2. The van der Waals surface area contributed by atoms with E-state index in [2.05, 4.69) is 5.32 Å². The summed E-state index contributed by atoms with van der Waals surface area (Å²) >= 11 is 0. The van der Waals surface area contributed by atoms with Crippen LogP contribution in [0.4, 0.5) is 13.2 Å². The van der Waals surface area contributed by atoms with Gasteiger partial charge in [0.2, 0.25) is 0 Å². The minimum Gasteiger partial charge on any atom is -0.394 e. The average molecular weight is 277 g/mol. The first-order valence-corrected chi connectivity index (χ1v) is 5.99. The summed E-state index contributed by atoms with van der Waals surface area (Å²) in [4.78, 5) is 0. The quantitative estimate of drug-likeness (QED) is 0.745. The van der Waals surface area contributed by atoms with Crippen LogP contribution in [0, 0.1) is 0 Å². The fourth-order valence-electron chi connectivity index (χ4n) is 1.77. The maximum absolute atomic E-state index is 13.1. The van der Waals surface area contributed by atoms with Crippen LogP contribution in [0.15, 0.2) is 30.3 Å². The molecule has 3 N–H and O–H groups in total. The zero-order valence-electron chi connectivity index (χ0n) is 10.6. The van der Waals surface area contributed by atoms with Crippen molar-refractivity contribution in [1.29, 1.82) is 0 Å². The predicted molar refractivity (Wildman–Crippen MR) is 65.6 cm³/mol. The zero-order valence-corrected chi connectivity index (χ0v) is 10.6. The highest BCUT2D eigenvalue weighted by Crippen LogP contribution is 2.34. The Hall–Kier alpha value is -1.11. The smallest absolute Gasteiger partial charge is 0.394 e. The number of hydrogen-bond donors (Lipinski definition) is 3. The van der Waals surface area contributed by atoms with Crippen molar-refractivity contribution in [2.75, 3.05) is 13.2 Å². The first-order chi connectivity index (χ1) is 8.88. The number of alkyl halides is 3. The minimum absolute atomic E-state index is 0.0507. The van der Waals surface area contributed by atoms with Crippen molar-refractivity contribution in [3.05, 3.63) is 35.9 Å². The summed E-state index contributed by atoms with van der Waals surface area (Å²) in [6, 6.07) is 5.46. The largest absolute Gasteiger partial charge is 0.407 e. The number of aliphatic hydroxyl groups excluding tert-OH is 2. The first-order valence-electron chi connectivity index (χ1n) is 5.99. The van der Waals surface area contributed by atoms with Crippen LogP contribution in [0.2, 0.25) is 0 Å². The zero-order chi connectivity index (χ0) is 14.5. The van der Waals surface area contributed by atoms with E-state index in [1.807, 2.05) is 0 Å². The lowest BCUT2D eigenvalue weighted by molar-refractivity contribution is -0.166. The molecule has 0 aromatic heterocycles. The topological polar surface area (TPSA) is 52.5 Å². The van der Waals surface area contributed by atoms with E-state index in [1.165, 1.54) is 24.3 Å². The second kappa shape index (κ2) is 6.36. The molecule has 0 amide bonds. The molecule has 0 aliphatic carbocycles. The van der Waals surface area contributed by atoms with Crippen LogP contribution in [-0.2, 0) is 0 Å². The lowest BCUT2D eigenvalue weighted by Gasteiger charge is -2.35. The summed E-state index contributed by atoms with van der Waals surface area (Å²) in [6.07, 6.45) is -4.33. The van der Waals surface area contributed by atoms with Crippen molar-refractivity contribution in [1.82, 2.24) is 5.32 Å². The Balaban J connectivity index is 3.07. The molecule has 0 aliphatic heterocycles. The Kier molecular flexibility index (Phi) is 5.34. The molecule has 0 spiro atoms. The van der Waals surface area contributed by atoms with E-state index in [0.29, 0.717) is 0 Å². The van der Waals surface area contributed by atoms with E-state index in [-0.39, 0.29) is 12.0 Å². The van der Waals surface area contributed by atoms with Gasteiger partial charge in [0.15, 0.2) is 0 Å². The van der Waals surface area contributed by atoms with Crippen LogP contribution in [0.5, 0.6) is 0 Å². The number of hydrogen-bond acceptors (Lipinski definition) is 3. The van der Waals surface area contributed by atoms with Gasteiger partial charge in [-0.15, -0.1) is 0 Å². The van der Waals surface area contributed by atoms with Gasteiger partial charge in [0.1, 0.15) is 6.04 Å². The molecule has 0 fully saturated rings. The van der Waals surface area contributed by atoms with Crippen molar-refractivity contribution in [2.24, 2.45) is 0 Å². The van der Waals surface area contributed by atoms with Gasteiger partial charge in [-0.2, -0.15) is 13.2 Å². The highest BCUT2D eigenvalue weighted by atomic mass is 19.4. The lowest BCUT2D eigenvalue weighted by Crippen LogP contribution is -2.55. The van der Waals surface area contributed by atoms with Crippen LogP contribution in [0.3, 0.4) is 0 Å². The summed E-state index contributed by atoms with van der Waals surface area (Å²) < 4.78 is 39.4. The minimum atomic E-state index is -4.51. The van der Waals surface area contributed by atoms with Crippen molar-refractivity contribution in [2.45, 2.75) is 31.1 Å². The van der Waals surface area contributed by atoms with Crippen LogP contribution in [0.25, 0.3) is 0 Å². The third-order valence-electron chi connectivity index (χ3n) is 3.19. The molecule has 0 saturated carbocycles. The van der Waals surface area contributed by atoms with Gasteiger partial charge in [-0.1, -0.05) is 37.3 Å². The molecular formula is C13H18F3NO2. The fourth-order valence-corrected chi connectivity index (χ4v) is 1.77. The van der Waals surface area contributed by atoms with Crippen LogP contribution in [0.1, 0.15) is 24.9 Å². The second-order valence-corrected chi connectivity index (χ2v) is 4.48. The van der Waals surface area contributed by atoms with Crippen molar-refractivity contribution in [3.8, 4) is 0 Å². The maximum atomic E-state index is 13.1. The molecule has 3 nitrogen and oxygen atoms in total. The van der Waals surface area contributed by atoms with Gasteiger partial charge in [0.25, 0.3) is 0 Å². The van der Waals surface area contributed by atoms with Gasteiger partial charge in [0, 0.05) is 0 Å². The van der Waals surface area contributed by atoms with E-state index >= 15 is 0 Å². The number of halogens is 3. The molecule has 108 valence electrons. The molecule has 0 aliphatic rings. The number of nitrogens with one attached hydrogen (secondary N) is 1. The molecule has 1 aromatic carbocycles. The third-order valence-corrected chi connectivity index (χ3v) is 3.19. The average Bonchev–Trinajstić information content (AvgIpc) is 2.41. The van der Waals surface area contributed by atoms with Crippen LogP contribution >= 0.6 is 0 Å². The van der Waals surface area contributed by atoms with E-state index in [9.17, 15) is 23.4 Å². The van der Waals surface area contributed by atoms with E-state index in [1.54, 1.807) is 13.0 Å². The molecule has 1 atom stereocenters. The van der Waals surface area contributed by atoms with Gasteiger partial charge in [-0.05, 0) is 12.0 Å². The predicted octanol–water partition coefficient (Wildman–Crippen LogP) is 2.01. The molecule has 1 rings (SSSR count). The van der Waals surface area contributed by atoms with Crippen molar-refractivity contribution < 1.29 is 23.4 Å². The molecule has 0 heterocycles. The molecule has 0 bridgehead atoms. The lowest BCUT2D eigenvalue weighted by atomic mass is 9.94. The Bertz CT molecular complexity index is 369. The summed E-state index contributed by atoms with van der Waals surface area (Å²) in [7, 11) is 0. The second-order valence-electron chi connectivity index (χ2n) is 4.48. The third kappa shape index (κ3) is 3.92. The fraction of sp³-hybridized carbons (Fsp3) is 0.538. The first kappa shape index (κ1) is 15.9. The van der Waals surface area contributed by atoms with Crippen LogP contribution < -0.4 is 5.32 Å². The van der Waals surface area contributed by atoms with Gasteiger partial charge < -0.3 is 10.2 Å².